The molecule has 1 N–H and O–H groups in total. The number of hydrogen-bond donors (Lipinski definition) is 1. The zero-order valence-electron chi connectivity index (χ0n) is 14.5. The number of benzene rings is 1. The van der Waals surface area contributed by atoms with Gasteiger partial charge in [0.05, 0.1) is 0 Å². The van der Waals surface area contributed by atoms with E-state index < -0.39 is 11.9 Å². The Morgan fingerprint density at radius 1 is 1.35 bits per heavy atom. The van der Waals surface area contributed by atoms with Gasteiger partial charge in [-0.15, -0.1) is 0 Å². The number of rotatable bonds is 5. The molecule has 1 saturated heterocycles. The van der Waals surface area contributed by atoms with E-state index >= 15 is 0 Å². The maximum atomic E-state index is 13.7. The molecule has 2 aromatic rings. The van der Waals surface area contributed by atoms with Crippen LogP contribution in [0.15, 0.2) is 36.7 Å². The van der Waals surface area contributed by atoms with E-state index in [2.05, 4.69) is 9.97 Å². The number of nitrogens with zero attached hydrogens (tertiary/aromatic N) is 4. The molecule has 0 spiro atoms. The summed E-state index contributed by atoms with van der Waals surface area (Å²) < 4.78 is 19.2. The molecule has 1 aliphatic heterocycles. The lowest BCUT2D eigenvalue weighted by Gasteiger charge is -2.32. The highest BCUT2D eigenvalue weighted by molar-refractivity contribution is 5.65. The van der Waals surface area contributed by atoms with E-state index in [-0.39, 0.29) is 11.6 Å². The highest BCUT2D eigenvalue weighted by Crippen LogP contribution is 2.25. The molecule has 0 saturated carbocycles. The molecule has 1 fully saturated rings. The van der Waals surface area contributed by atoms with Crippen molar-refractivity contribution in [3.8, 4) is 11.6 Å². The smallest absolute Gasteiger partial charge is 0.407 e. The maximum Gasteiger partial charge on any atom is 0.407 e. The van der Waals surface area contributed by atoms with Gasteiger partial charge in [-0.25, -0.2) is 19.2 Å². The number of piperidine rings is 1. The number of aromatic nitrogens is 2. The first-order valence-electron chi connectivity index (χ1n) is 8.46. The summed E-state index contributed by atoms with van der Waals surface area (Å²) in [6.45, 7) is 1.86. The molecule has 1 aromatic heterocycles. The zero-order valence-corrected chi connectivity index (χ0v) is 14.5. The van der Waals surface area contributed by atoms with Gasteiger partial charge in [0.15, 0.2) is 11.6 Å². The fraction of sp³-hybridized carbons (Fsp3) is 0.389. The monoisotopic (exact) mass is 360 g/mol. The van der Waals surface area contributed by atoms with Crippen LogP contribution in [0.1, 0.15) is 12.8 Å². The summed E-state index contributed by atoms with van der Waals surface area (Å²) in [6.07, 6.45) is 2.16. The number of carboxylic acid groups (broad SMARTS) is 1. The van der Waals surface area contributed by atoms with E-state index in [9.17, 15) is 9.18 Å². The Morgan fingerprint density at radius 3 is 2.77 bits per heavy atom. The third-order valence-electron chi connectivity index (χ3n) is 4.49. The van der Waals surface area contributed by atoms with E-state index in [0.717, 1.165) is 19.4 Å². The van der Waals surface area contributed by atoms with Crippen molar-refractivity contribution in [3.05, 3.63) is 42.5 Å². The van der Waals surface area contributed by atoms with E-state index in [0.29, 0.717) is 24.8 Å². The Kier molecular flexibility index (Phi) is 5.50. The minimum Gasteiger partial charge on any atom is -0.465 e. The van der Waals surface area contributed by atoms with Gasteiger partial charge >= 0.3 is 6.09 Å². The van der Waals surface area contributed by atoms with Crippen molar-refractivity contribution in [1.82, 2.24) is 14.9 Å². The van der Waals surface area contributed by atoms with Crippen LogP contribution in [0.4, 0.5) is 15.0 Å². The third-order valence-corrected chi connectivity index (χ3v) is 4.49. The van der Waals surface area contributed by atoms with Crippen LogP contribution in [-0.4, -0.2) is 52.7 Å². The molecule has 8 heteroatoms. The van der Waals surface area contributed by atoms with Crippen LogP contribution < -0.4 is 9.64 Å². The first-order chi connectivity index (χ1) is 12.5. The highest BCUT2D eigenvalue weighted by Gasteiger charge is 2.23. The number of ether oxygens (including phenoxy) is 1. The van der Waals surface area contributed by atoms with Crippen LogP contribution in [0.2, 0.25) is 0 Å². The molecule has 1 amide bonds. The predicted octanol–water partition coefficient (Wildman–Crippen LogP) is 3.23. The maximum absolute atomic E-state index is 13.7. The second-order valence-corrected chi connectivity index (χ2v) is 6.34. The second kappa shape index (κ2) is 7.99. The third kappa shape index (κ3) is 4.38. The summed E-state index contributed by atoms with van der Waals surface area (Å²) >= 11 is 0. The van der Waals surface area contributed by atoms with Gasteiger partial charge in [-0.2, -0.15) is 0 Å². The molecule has 3 rings (SSSR count). The van der Waals surface area contributed by atoms with Gasteiger partial charge in [0.25, 0.3) is 0 Å². The minimum absolute atomic E-state index is 0.112. The van der Waals surface area contributed by atoms with Crippen LogP contribution in [0.3, 0.4) is 0 Å². The topological polar surface area (TPSA) is 78.8 Å². The number of para-hydroxylation sites is 1. The molecule has 0 atom stereocenters. The number of amides is 1. The molecule has 0 radical (unpaired) electrons. The Labute approximate surface area is 151 Å². The van der Waals surface area contributed by atoms with Crippen molar-refractivity contribution in [2.24, 2.45) is 5.92 Å². The lowest BCUT2D eigenvalue weighted by atomic mass is 9.96. The lowest BCUT2D eigenvalue weighted by molar-refractivity contribution is 0.125. The first kappa shape index (κ1) is 17.9. The molecule has 26 heavy (non-hydrogen) atoms. The van der Waals surface area contributed by atoms with Gasteiger partial charge in [-0.3, -0.25) is 0 Å². The molecule has 2 heterocycles. The Morgan fingerprint density at radius 2 is 2.08 bits per heavy atom. The summed E-state index contributed by atoms with van der Waals surface area (Å²) in [6, 6.07) is 7.82. The molecular formula is C18H21FN4O3. The normalized spacial score (nSPS) is 14.9. The quantitative estimate of drug-likeness (QED) is 0.882. The lowest BCUT2D eigenvalue weighted by Crippen LogP contribution is -2.40. The van der Waals surface area contributed by atoms with Gasteiger partial charge in [-0.05, 0) is 30.9 Å². The van der Waals surface area contributed by atoms with E-state index in [1.54, 1.807) is 18.2 Å². The SMILES string of the molecule is CN(CC1CCN(C(=O)O)CC1)c1cc(Oc2ccccc2F)ncn1. The van der Waals surface area contributed by atoms with Gasteiger partial charge in [0.1, 0.15) is 12.1 Å². The van der Waals surface area contributed by atoms with E-state index in [4.69, 9.17) is 9.84 Å². The largest absolute Gasteiger partial charge is 0.465 e. The summed E-state index contributed by atoms with van der Waals surface area (Å²) in [5.41, 5.74) is 0. The Balaban J connectivity index is 1.61. The van der Waals surface area contributed by atoms with Gasteiger partial charge < -0.3 is 19.6 Å². The molecule has 0 aliphatic carbocycles. The van der Waals surface area contributed by atoms with Gasteiger partial charge in [0, 0.05) is 32.7 Å². The van der Waals surface area contributed by atoms with Crippen LogP contribution in [0.5, 0.6) is 11.6 Å². The number of hydrogen-bond acceptors (Lipinski definition) is 5. The van der Waals surface area contributed by atoms with Crippen LogP contribution in [0.25, 0.3) is 0 Å². The summed E-state index contributed by atoms with van der Waals surface area (Å²) in [7, 11) is 1.92. The van der Waals surface area contributed by atoms with Crippen LogP contribution in [0, 0.1) is 11.7 Å². The van der Waals surface area contributed by atoms with Crippen molar-refractivity contribution in [3.63, 3.8) is 0 Å². The Hall–Kier alpha value is -2.90. The van der Waals surface area contributed by atoms with Crippen LogP contribution >= 0.6 is 0 Å². The number of carbonyl (C=O) groups is 1. The average molecular weight is 360 g/mol. The average Bonchev–Trinajstić information content (AvgIpc) is 2.64. The highest BCUT2D eigenvalue weighted by atomic mass is 19.1. The molecule has 0 unspecified atom stereocenters. The molecular weight excluding hydrogens is 339 g/mol. The molecule has 0 bridgehead atoms. The molecule has 7 nitrogen and oxygen atoms in total. The molecule has 1 aliphatic rings. The van der Waals surface area contributed by atoms with Crippen molar-refractivity contribution in [2.75, 3.05) is 31.6 Å². The van der Waals surface area contributed by atoms with Gasteiger partial charge in [-0.1, -0.05) is 12.1 Å². The zero-order chi connectivity index (χ0) is 18.5. The summed E-state index contributed by atoms with van der Waals surface area (Å²) in [4.78, 5) is 22.7. The van der Waals surface area contributed by atoms with Crippen molar-refractivity contribution in [1.29, 1.82) is 0 Å². The van der Waals surface area contributed by atoms with Gasteiger partial charge in [0.2, 0.25) is 5.88 Å². The minimum atomic E-state index is -0.859. The first-order valence-corrected chi connectivity index (χ1v) is 8.46. The van der Waals surface area contributed by atoms with Crippen molar-refractivity contribution >= 4 is 11.9 Å². The van der Waals surface area contributed by atoms with Crippen molar-refractivity contribution in [2.45, 2.75) is 12.8 Å². The summed E-state index contributed by atoms with van der Waals surface area (Å²) in [5, 5.41) is 9.01. The predicted molar refractivity (Wildman–Crippen MR) is 94.1 cm³/mol. The number of likely N-dealkylation sites (tertiary alicyclic amines) is 1. The number of anilines is 1. The molecule has 1 aromatic carbocycles. The van der Waals surface area contributed by atoms with E-state index in [1.165, 1.54) is 23.4 Å². The van der Waals surface area contributed by atoms with Crippen molar-refractivity contribution < 1.29 is 19.0 Å². The standard InChI is InChI=1S/C18H21FN4O3/c1-22(11-13-6-8-23(9-7-13)18(24)25)16-10-17(21-12-20-16)26-15-5-3-2-4-14(15)19/h2-5,10,12-13H,6-9,11H2,1H3,(H,24,25). The molecule has 138 valence electrons. The Bertz CT molecular complexity index is 766. The fourth-order valence-electron chi connectivity index (χ4n) is 3.02. The summed E-state index contributed by atoms with van der Waals surface area (Å²) in [5.74, 6) is 0.994. The van der Waals surface area contributed by atoms with Crippen LogP contribution in [-0.2, 0) is 0 Å². The fourth-order valence-corrected chi connectivity index (χ4v) is 3.02. The number of halogens is 1. The van der Waals surface area contributed by atoms with E-state index in [1.807, 2.05) is 11.9 Å². The second-order valence-electron chi connectivity index (χ2n) is 6.34.